The number of nitrogens with two attached hydrogens (primary N) is 1. The number of carbonyl (C=O) groups is 1. The van der Waals surface area contributed by atoms with Crippen LogP contribution >= 0.6 is 24.0 Å². The number of benzene rings is 1. The molecule has 0 saturated heterocycles. The van der Waals surface area contributed by atoms with E-state index in [-0.39, 0.29) is 16.5 Å². The van der Waals surface area contributed by atoms with E-state index in [0.29, 0.717) is 17.9 Å². The maximum Gasteiger partial charge on any atom is 0.225 e. The number of carbonyl (C=O) groups excluding carboxylic acids is 1. The Labute approximate surface area is 109 Å². The smallest absolute Gasteiger partial charge is 0.225 e. The van der Waals surface area contributed by atoms with Crippen LogP contribution in [0.2, 0.25) is 0 Å². The quantitative estimate of drug-likeness (QED) is 0.806. The van der Waals surface area contributed by atoms with Gasteiger partial charge in [0, 0.05) is 12.2 Å². The van der Waals surface area contributed by atoms with Crippen LogP contribution in [0, 0.1) is 5.82 Å². The monoisotopic (exact) mass is 272 g/mol. The zero-order valence-corrected chi connectivity index (χ0v) is 11.0. The van der Waals surface area contributed by atoms with E-state index in [4.69, 9.17) is 18.0 Å². The van der Waals surface area contributed by atoms with Crippen LogP contribution in [-0.4, -0.2) is 22.9 Å². The van der Waals surface area contributed by atoms with Gasteiger partial charge in [-0.25, -0.2) is 4.39 Å². The molecule has 1 aromatic carbocycles. The molecule has 0 aliphatic rings. The first-order valence-corrected chi connectivity index (χ1v) is 6.73. The third-order valence-corrected chi connectivity index (χ3v) is 2.88. The van der Waals surface area contributed by atoms with E-state index in [2.05, 4.69) is 5.32 Å². The van der Waals surface area contributed by atoms with Crippen LogP contribution in [0.1, 0.15) is 12.0 Å². The van der Waals surface area contributed by atoms with E-state index in [1.165, 1.54) is 12.1 Å². The highest BCUT2D eigenvalue weighted by molar-refractivity contribution is 7.98. The molecule has 1 aromatic rings. The Morgan fingerprint density at radius 1 is 1.59 bits per heavy atom. The lowest BCUT2D eigenvalue weighted by Gasteiger charge is -2.10. The van der Waals surface area contributed by atoms with Crippen LogP contribution < -0.4 is 11.1 Å². The maximum absolute atomic E-state index is 13.5. The molecular formula is C11H13FN2OS2. The molecule has 6 heteroatoms. The Hall–Kier alpha value is -1.14. The van der Waals surface area contributed by atoms with Gasteiger partial charge in [-0.1, -0.05) is 18.3 Å². The van der Waals surface area contributed by atoms with Crippen LogP contribution in [0.25, 0.3) is 0 Å². The predicted molar refractivity (Wildman–Crippen MR) is 73.9 cm³/mol. The summed E-state index contributed by atoms with van der Waals surface area (Å²) in [4.78, 5) is 11.5. The molecule has 0 aromatic heterocycles. The summed E-state index contributed by atoms with van der Waals surface area (Å²) in [6, 6.07) is 4.34. The number of thioether (sulfide) groups is 1. The fourth-order valence-corrected chi connectivity index (χ4v) is 1.88. The van der Waals surface area contributed by atoms with Gasteiger partial charge in [-0.2, -0.15) is 11.8 Å². The highest BCUT2D eigenvalue weighted by Gasteiger charge is 2.12. The van der Waals surface area contributed by atoms with Crippen molar-refractivity contribution in [3.63, 3.8) is 0 Å². The van der Waals surface area contributed by atoms with Crippen molar-refractivity contribution in [2.24, 2.45) is 5.73 Å². The third kappa shape index (κ3) is 3.98. The van der Waals surface area contributed by atoms with Crippen molar-refractivity contribution >= 4 is 40.6 Å². The number of hydrogen-bond acceptors (Lipinski definition) is 3. The van der Waals surface area contributed by atoms with Gasteiger partial charge >= 0.3 is 0 Å². The third-order valence-electron chi connectivity index (χ3n) is 2.07. The fourth-order valence-electron chi connectivity index (χ4n) is 1.29. The summed E-state index contributed by atoms with van der Waals surface area (Å²) >= 11 is 6.33. The van der Waals surface area contributed by atoms with Gasteiger partial charge in [-0.05, 0) is 18.4 Å². The van der Waals surface area contributed by atoms with Crippen molar-refractivity contribution in [3.05, 3.63) is 29.6 Å². The van der Waals surface area contributed by atoms with E-state index in [1.54, 1.807) is 17.8 Å². The Morgan fingerprint density at radius 2 is 2.29 bits per heavy atom. The molecule has 0 atom stereocenters. The van der Waals surface area contributed by atoms with Gasteiger partial charge in [-0.15, -0.1) is 0 Å². The molecule has 0 heterocycles. The van der Waals surface area contributed by atoms with E-state index in [0.717, 1.165) is 0 Å². The van der Waals surface area contributed by atoms with Gasteiger partial charge < -0.3 is 11.1 Å². The number of hydrogen-bond donors (Lipinski definition) is 2. The van der Waals surface area contributed by atoms with Crippen molar-refractivity contribution in [1.82, 2.24) is 0 Å². The average molecular weight is 272 g/mol. The summed E-state index contributed by atoms with van der Waals surface area (Å²) in [5.41, 5.74) is 5.83. The molecule has 1 amide bonds. The van der Waals surface area contributed by atoms with Crippen LogP contribution in [0.15, 0.2) is 18.2 Å². The zero-order valence-electron chi connectivity index (χ0n) is 9.33. The average Bonchev–Trinajstić information content (AvgIpc) is 2.25. The Balaban J connectivity index is 2.87. The topological polar surface area (TPSA) is 55.1 Å². The van der Waals surface area contributed by atoms with Crippen molar-refractivity contribution in [2.75, 3.05) is 17.3 Å². The van der Waals surface area contributed by atoms with Gasteiger partial charge in [0.15, 0.2) is 0 Å². The highest BCUT2D eigenvalue weighted by atomic mass is 32.2. The van der Waals surface area contributed by atoms with Crippen LogP contribution in [-0.2, 0) is 4.79 Å². The number of thiocarbonyl (C=S) groups is 1. The van der Waals surface area contributed by atoms with Crippen molar-refractivity contribution < 1.29 is 9.18 Å². The predicted octanol–water partition coefficient (Wildman–Crippen LogP) is 2.15. The summed E-state index contributed by atoms with van der Waals surface area (Å²) in [6.07, 6.45) is 2.28. The molecule has 3 nitrogen and oxygen atoms in total. The number of rotatable bonds is 5. The summed E-state index contributed by atoms with van der Waals surface area (Å²) < 4.78 is 13.5. The molecule has 0 aliphatic heterocycles. The SMILES string of the molecule is CSCCC(=O)Nc1cccc(F)c1C(N)=S. The van der Waals surface area contributed by atoms with Crippen molar-refractivity contribution in [1.29, 1.82) is 0 Å². The zero-order chi connectivity index (χ0) is 12.8. The van der Waals surface area contributed by atoms with Crippen LogP contribution in [0.3, 0.4) is 0 Å². The van der Waals surface area contributed by atoms with Crippen molar-refractivity contribution in [3.8, 4) is 0 Å². The molecule has 3 N–H and O–H groups in total. The van der Waals surface area contributed by atoms with Crippen LogP contribution in [0.4, 0.5) is 10.1 Å². The molecular weight excluding hydrogens is 259 g/mol. The van der Waals surface area contributed by atoms with Gasteiger partial charge in [0.05, 0.1) is 11.3 Å². The normalized spacial score (nSPS) is 10.0. The largest absolute Gasteiger partial charge is 0.389 e. The first-order valence-electron chi connectivity index (χ1n) is 4.93. The number of nitrogens with one attached hydrogen (secondary N) is 1. The fraction of sp³-hybridized carbons (Fsp3) is 0.273. The lowest BCUT2D eigenvalue weighted by Crippen LogP contribution is -2.19. The van der Waals surface area contributed by atoms with E-state index in [9.17, 15) is 9.18 Å². The van der Waals surface area contributed by atoms with Crippen LogP contribution in [0.5, 0.6) is 0 Å². The minimum absolute atomic E-state index is 0.0664. The lowest BCUT2D eigenvalue weighted by atomic mass is 10.1. The standard InChI is InChI=1S/C11H13FN2OS2/c1-17-6-5-9(15)14-8-4-2-3-7(12)10(8)11(13)16/h2-4H,5-6H2,1H3,(H2,13,16)(H,14,15). The molecule has 1 rings (SSSR count). The van der Waals surface area contributed by atoms with Gasteiger partial charge in [-0.3, -0.25) is 4.79 Å². The Kier molecular flexibility index (Phi) is 5.37. The van der Waals surface area contributed by atoms with E-state index in [1.807, 2.05) is 6.26 Å². The van der Waals surface area contributed by atoms with Gasteiger partial charge in [0.2, 0.25) is 5.91 Å². The minimum atomic E-state index is -0.528. The number of amides is 1. The summed E-state index contributed by atoms with van der Waals surface area (Å²) in [5.74, 6) is 0.00595. The first-order chi connectivity index (χ1) is 8.06. The van der Waals surface area contributed by atoms with Crippen molar-refractivity contribution in [2.45, 2.75) is 6.42 Å². The molecule has 0 saturated carbocycles. The lowest BCUT2D eigenvalue weighted by molar-refractivity contribution is -0.115. The van der Waals surface area contributed by atoms with E-state index >= 15 is 0 Å². The van der Waals surface area contributed by atoms with Gasteiger partial charge in [0.1, 0.15) is 10.8 Å². The number of anilines is 1. The summed E-state index contributed by atoms with van der Waals surface area (Å²) in [7, 11) is 0. The molecule has 0 bridgehead atoms. The summed E-state index contributed by atoms with van der Waals surface area (Å²) in [5, 5.41) is 2.61. The first kappa shape index (κ1) is 13.9. The molecule has 0 aliphatic carbocycles. The summed E-state index contributed by atoms with van der Waals surface area (Å²) in [6.45, 7) is 0. The number of halogens is 1. The maximum atomic E-state index is 13.5. The second-order valence-electron chi connectivity index (χ2n) is 3.32. The Morgan fingerprint density at radius 3 is 2.88 bits per heavy atom. The second kappa shape index (κ2) is 6.56. The minimum Gasteiger partial charge on any atom is -0.389 e. The molecule has 0 radical (unpaired) electrons. The molecule has 17 heavy (non-hydrogen) atoms. The second-order valence-corrected chi connectivity index (χ2v) is 4.74. The molecule has 92 valence electrons. The van der Waals surface area contributed by atoms with E-state index < -0.39 is 5.82 Å². The molecule has 0 unspecified atom stereocenters. The molecule has 0 spiro atoms. The molecule has 0 fully saturated rings. The highest BCUT2D eigenvalue weighted by Crippen LogP contribution is 2.19. The van der Waals surface area contributed by atoms with Gasteiger partial charge in [0.25, 0.3) is 0 Å². The Bertz CT molecular complexity index is 437.